The molecular formula is C21H33NO3Si. The zero-order valence-electron chi connectivity index (χ0n) is 17.3. The predicted octanol–water partition coefficient (Wildman–Crippen LogP) is 5.06. The van der Waals surface area contributed by atoms with E-state index in [9.17, 15) is 9.59 Å². The highest BCUT2D eigenvalue weighted by atomic mass is 28.3. The Morgan fingerprint density at radius 1 is 1.04 bits per heavy atom. The lowest BCUT2D eigenvalue weighted by Crippen LogP contribution is -2.42. The number of nitrogens with one attached hydrogen (secondary N) is 1. The monoisotopic (exact) mass is 375 g/mol. The quantitative estimate of drug-likeness (QED) is 0.535. The van der Waals surface area contributed by atoms with Crippen LogP contribution in [-0.2, 0) is 4.74 Å². The van der Waals surface area contributed by atoms with Gasteiger partial charge in [-0.15, -0.1) is 0 Å². The lowest BCUT2D eigenvalue weighted by Gasteiger charge is -2.40. The van der Waals surface area contributed by atoms with Gasteiger partial charge in [0, 0.05) is 12.6 Å². The molecular weight excluding hydrogens is 342 g/mol. The van der Waals surface area contributed by atoms with Crippen molar-refractivity contribution in [3.8, 4) is 0 Å². The van der Waals surface area contributed by atoms with Gasteiger partial charge >= 0.3 is 5.97 Å². The molecule has 1 rings (SSSR count). The van der Waals surface area contributed by atoms with Crippen molar-refractivity contribution in [2.75, 3.05) is 14.2 Å². The summed E-state index contributed by atoms with van der Waals surface area (Å²) in [5.41, 5.74) is 5.85. The summed E-state index contributed by atoms with van der Waals surface area (Å²) in [7, 11) is 1.21. The smallest absolute Gasteiger partial charge is 0.337 e. The lowest BCUT2D eigenvalue weighted by molar-refractivity contribution is 0.0600. The summed E-state index contributed by atoms with van der Waals surface area (Å²) < 4.78 is 4.82. The van der Waals surface area contributed by atoms with Crippen LogP contribution in [0.2, 0.25) is 16.6 Å². The van der Waals surface area contributed by atoms with Gasteiger partial charge < -0.3 is 10.1 Å². The van der Waals surface area contributed by atoms with E-state index in [0.717, 1.165) is 5.56 Å². The van der Waals surface area contributed by atoms with E-state index >= 15 is 0 Å². The van der Waals surface area contributed by atoms with Gasteiger partial charge in [0.15, 0.2) is 0 Å². The number of ether oxygens (including phenoxy) is 1. The van der Waals surface area contributed by atoms with Crippen LogP contribution in [-0.4, -0.2) is 34.1 Å². The van der Waals surface area contributed by atoms with Crippen LogP contribution in [0.25, 0.3) is 6.08 Å². The molecule has 1 aromatic carbocycles. The van der Waals surface area contributed by atoms with Crippen LogP contribution < -0.4 is 5.32 Å². The minimum atomic E-state index is -1.76. The van der Waals surface area contributed by atoms with Crippen molar-refractivity contribution < 1.29 is 14.3 Å². The van der Waals surface area contributed by atoms with Gasteiger partial charge in [0.05, 0.1) is 20.7 Å². The molecule has 0 fully saturated rings. The van der Waals surface area contributed by atoms with Crippen molar-refractivity contribution in [1.29, 1.82) is 0 Å². The predicted molar refractivity (Wildman–Crippen MR) is 111 cm³/mol. The Morgan fingerprint density at radius 2 is 1.58 bits per heavy atom. The Bertz CT molecular complexity index is 656. The molecule has 0 bridgehead atoms. The molecule has 0 aromatic heterocycles. The number of rotatable bonds is 7. The van der Waals surface area contributed by atoms with Gasteiger partial charge in [-0.3, -0.25) is 4.79 Å². The SMILES string of the molecule is CNC(=O)c1ccc(C(=O)OC)cc1/C=C/[Si](C(C)C)(C(C)C)C(C)C. The molecule has 4 nitrogen and oxygen atoms in total. The molecule has 144 valence electrons. The molecule has 0 aliphatic carbocycles. The van der Waals surface area contributed by atoms with E-state index in [1.54, 1.807) is 25.2 Å². The summed E-state index contributed by atoms with van der Waals surface area (Å²) >= 11 is 0. The Hall–Kier alpha value is -1.88. The van der Waals surface area contributed by atoms with E-state index in [2.05, 4.69) is 52.6 Å². The van der Waals surface area contributed by atoms with Gasteiger partial charge in [0.1, 0.15) is 0 Å². The largest absolute Gasteiger partial charge is 0.465 e. The number of hydrogen-bond acceptors (Lipinski definition) is 3. The molecule has 0 saturated carbocycles. The topological polar surface area (TPSA) is 55.4 Å². The second-order valence-corrected chi connectivity index (χ2v) is 13.5. The van der Waals surface area contributed by atoms with Crippen molar-refractivity contribution in [2.24, 2.45) is 0 Å². The fourth-order valence-corrected chi connectivity index (χ4v) is 9.72. The van der Waals surface area contributed by atoms with E-state index < -0.39 is 14.0 Å². The molecule has 5 heteroatoms. The highest BCUT2D eigenvalue weighted by Gasteiger charge is 2.40. The van der Waals surface area contributed by atoms with E-state index in [1.165, 1.54) is 7.11 Å². The molecule has 0 aliphatic rings. The normalized spacial score (nSPS) is 12.3. The number of hydrogen-bond donors (Lipinski definition) is 1. The zero-order chi connectivity index (χ0) is 20.1. The van der Waals surface area contributed by atoms with Crippen molar-refractivity contribution in [3.63, 3.8) is 0 Å². The minimum absolute atomic E-state index is 0.160. The molecule has 0 spiro atoms. The third-order valence-corrected chi connectivity index (χ3v) is 12.2. The van der Waals surface area contributed by atoms with Crippen LogP contribution in [0.15, 0.2) is 23.9 Å². The highest BCUT2D eigenvalue weighted by Crippen LogP contribution is 2.42. The molecule has 1 N–H and O–H groups in total. The number of benzene rings is 1. The third-order valence-electron chi connectivity index (χ3n) is 5.50. The Morgan fingerprint density at radius 3 is 2.00 bits per heavy atom. The van der Waals surface area contributed by atoms with Crippen LogP contribution in [0.1, 0.15) is 67.8 Å². The molecule has 0 saturated heterocycles. The van der Waals surface area contributed by atoms with E-state index in [4.69, 9.17) is 4.74 Å². The zero-order valence-corrected chi connectivity index (χ0v) is 18.3. The summed E-state index contributed by atoms with van der Waals surface area (Å²) in [5.74, 6) is -0.560. The van der Waals surface area contributed by atoms with Crippen LogP contribution in [0, 0.1) is 0 Å². The molecule has 0 unspecified atom stereocenters. The van der Waals surface area contributed by atoms with Crippen LogP contribution >= 0.6 is 0 Å². The van der Waals surface area contributed by atoms with Gasteiger partial charge in [0.25, 0.3) is 5.91 Å². The van der Waals surface area contributed by atoms with E-state index in [-0.39, 0.29) is 5.91 Å². The average molecular weight is 376 g/mol. The second kappa shape index (κ2) is 9.17. The fraction of sp³-hybridized carbons (Fsp3) is 0.524. The molecule has 0 aliphatic heterocycles. The lowest BCUT2D eigenvalue weighted by atomic mass is 10.0. The number of carbonyl (C=O) groups excluding carboxylic acids is 2. The Kier molecular flexibility index (Phi) is 7.81. The summed E-state index contributed by atoms with van der Waals surface area (Å²) in [6.07, 6.45) is 2.04. The standard InChI is InChI=1S/C21H33NO3Si/c1-14(2)26(15(3)4,16(5)6)12-11-17-13-18(21(24)25-8)9-10-19(17)20(23)22-7/h9-16H,1-8H3,(H,22,23)/b12-11+. The summed E-state index contributed by atoms with van der Waals surface area (Å²) in [6.45, 7) is 13.8. The van der Waals surface area contributed by atoms with Gasteiger partial charge in [-0.05, 0) is 40.4 Å². The molecule has 0 radical (unpaired) electrons. The summed E-state index contributed by atoms with van der Waals surface area (Å²) in [5, 5.41) is 2.67. The maximum Gasteiger partial charge on any atom is 0.337 e. The average Bonchev–Trinajstić information content (AvgIpc) is 2.59. The first-order valence-corrected chi connectivity index (χ1v) is 11.6. The van der Waals surface area contributed by atoms with E-state index in [1.807, 2.05) is 6.08 Å². The highest BCUT2D eigenvalue weighted by molar-refractivity contribution is 6.88. The fourth-order valence-electron chi connectivity index (χ4n) is 4.10. The molecule has 0 heterocycles. The molecule has 1 aromatic rings. The second-order valence-electron chi connectivity index (χ2n) is 7.67. The van der Waals surface area contributed by atoms with Crippen molar-refractivity contribution >= 4 is 26.0 Å². The summed E-state index contributed by atoms with van der Waals surface area (Å²) in [6, 6.07) is 5.06. The molecule has 26 heavy (non-hydrogen) atoms. The number of amides is 1. The molecule has 0 atom stereocenters. The maximum atomic E-state index is 12.3. The first-order chi connectivity index (χ1) is 12.1. The summed E-state index contributed by atoms with van der Waals surface area (Å²) in [4.78, 5) is 24.2. The van der Waals surface area contributed by atoms with Crippen molar-refractivity contribution in [2.45, 2.75) is 58.2 Å². The Labute approximate surface area is 159 Å². The van der Waals surface area contributed by atoms with Crippen molar-refractivity contribution in [1.82, 2.24) is 5.32 Å². The van der Waals surface area contributed by atoms with Gasteiger partial charge in [-0.2, -0.15) is 0 Å². The first kappa shape index (κ1) is 22.2. The van der Waals surface area contributed by atoms with Gasteiger partial charge in [0.2, 0.25) is 0 Å². The van der Waals surface area contributed by atoms with Crippen LogP contribution in [0.5, 0.6) is 0 Å². The molecule has 1 amide bonds. The number of esters is 1. The van der Waals surface area contributed by atoms with Crippen LogP contribution in [0.3, 0.4) is 0 Å². The number of methoxy groups -OCH3 is 1. The van der Waals surface area contributed by atoms with Crippen molar-refractivity contribution in [3.05, 3.63) is 40.6 Å². The van der Waals surface area contributed by atoms with Gasteiger partial charge in [-0.1, -0.05) is 53.3 Å². The third kappa shape index (κ3) is 4.44. The van der Waals surface area contributed by atoms with Crippen LogP contribution in [0.4, 0.5) is 0 Å². The Balaban J connectivity index is 3.53. The first-order valence-electron chi connectivity index (χ1n) is 9.25. The minimum Gasteiger partial charge on any atom is -0.465 e. The van der Waals surface area contributed by atoms with E-state index in [0.29, 0.717) is 27.8 Å². The number of carbonyl (C=O) groups is 2. The van der Waals surface area contributed by atoms with Gasteiger partial charge in [-0.25, -0.2) is 4.79 Å². The maximum absolute atomic E-state index is 12.3.